The van der Waals surface area contributed by atoms with Crippen LogP contribution in [0.4, 0.5) is 11.4 Å². The molecule has 0 aliphatic rings. The zero-order chi connectivity index (χ0) is 12.3. The van der Waals surface area contributed by atoms with Gasteiger partial charge in [0.05, 0.1) is 16.9 Å². The Kier molecular flexibility index (Phi) is 3.47. The smallest absolute Gasteiger partial charge is 0.0724 e. The van der Waals surface area contributed by atoms with Gasteiger partial charge in [0.2, 0.25) is 0 Å². The summed E-state index contributed by atoms with van der Waals surface area (Å²) in [4.78, 5) is 6.52. The van der Waals surface area contributed by atoms with Crippen LogP contribution in [-0.2, 0) is 0 Å². The Morgan fingerprint density at radius 3 is 2.88 bits per heavy atom. The van der Waals surface area contributed by atoms with Gasteiger partial charge in [-0.2, -0.15) is 0 Å². The molecule has 2 aromatic rings. The Balaban J connectivity index is 2.38. The largest absolute Gasteiger partial charge is 0.396 e. The molecule has 0 fully saturated rings. The van der Waals surface area contributed by atoms with Crippen molar-refractivity contribution in [1.29, 1.82) is 0 Å². The molecule has 1 aromatic carbocycles. The summed E-state index contributed by atoms with van der Waals surface area (Å²) in [7, 11) is 2.09. The van der Waals surface area contributed by atoms with Crippen LogP contribution in [0, 0.1) is 0 Å². The third-order valence-electron chi connectivity index (χ3n) is 3.06. The van der Waals surface area contributed by atoms with Crippen LogP contribution in [0.2, 0.25) is 0 Å². The molecule has 0 spiro atoms. The van der Waals surface area contributed by atoms with E-state index in [1.807, 2.05) is 18.2 Å². The summed E-state index contributed by atoms with van der Waals surface area (Å²) < 4.78 is 0. The second kappa shape index (κ2) is 5.04. The fourth-order valence-electron chi connectivity index (χ4n) is 2.01. The molecule has 0 aliphatic heterocycles. The van der Waals surface area contributed by atoms with Gasteiger partial charge in [-0.25, -0.2) is 0 Å². The zero-order valence-corrected chi connectivity index (χ0v) is 10.5. The maximum Gasteiger partial charge on any atom is 0.0724 e. The first-order chi connectivity index (χ1) is 8.24. The van der Waals surface area contributed by atoms with E-state index < -0.39 is 0 Å². The van der Waals surface area contributed by atoms with E-state index in [1.165, 1.54) is 12.8 Å². The van der Waals surface area contributed by atoms with Crippen LogP contribution in [-0.4, -0.2) is 18.6 Å². The molecule has 0 radical (unpaired) electrons. The number of benzene rings is 1. The average Bonchev–Trinajstić information content (AvgIpc) is 2.37. The van der Waals surface area contributed by atoms with Crippen LogP contribution in [0.15, 0.2) is 30.5 Å². The van der Waals surface area contributed by atoms with Crippen molar-refractivity contribution in [3.63, 3.8) is 0 Å². The molecule has 0 atom stereocenters. The molecule has 3 nitrogen and oxygen atoms in total. The highest BCUT2D eigenvalue weighted by Gasteiger charge is 2.08. The normalized spacial score (nSPS) is 10.7. The van der Waals surface area contributed by atoms with Crippen LogP contribution < -0.4 is 10.6 Å². The number of hydrogen-bond acceptors (Lipinski definition) is 3. The first-order valence-electron chi connectivity index (χ1n) is 6.08. The van der Waals surface area contributed by atoms with Gasteiger partial charge in [0.15, 0.2) is 0 Å². The predicted octanol–water partition coefficient (Wildman–Crippen LogP) is 3.05. The number of nitrogen functional groups attached to an aromatic ring is 1. The van der Waals surface area contributed by atoms with Crippen LogP contribution >= 0.6 is 0 Å². The van der Waals surface area contributed by atoms with E-state index in [4.69, 9.17) is 5.73 Å². The standard InChI is InChI=1S/C14H19N3/c1-3-4-10-17(2)13-8-7-12-11(14(13)15)6-5-9-16-12/h5-9H,3-4,10,15H2,1-2H3. The minimum Gasteiger partial charge on any atom is -0.396 e. The molecule has 0 saturated heterocycles. The van der Waals surface area contributed by atoms with E-state index in [-0.39, 0.29) is 0 Å². The molecule has 0 unspecified atom stereocenters. The van der Waals surface area contributed by atoms with Crippen molar-refractivity contribution in [2.24, 2.45) is 0 Å². The molecule has 1 heterocycles. The van der Waals surface area contributed by atoms with Crippen LogP contribution in [0.3, 0.4) is 0 Å². The van der Waals surface area contributed by atoms with Gasteiger partial charge in [-0.1, -0.05) is 13.3 Å². The molecular formula is C14H19N3. The summed E-state index contributed by atoms with van der Waals surface area (Å²) in [5.74, 6) is 0. The maximum atomic E-state index is 6.21. The van der Waals surface area contributed by atoms with E-state index in [9.17, 15) is 0 Å². The molecule has 0 amide bonds. The summed E-state index contributed by atoms with van der Waals surface area (Å²) in [5.41, 5.74) is 9.09. The molecule has 0 saturated carbocycles. The van der Waals surface area contributed by atoms with Crippen LogP contribution in [0.25, 0.3) is 10.9 Å². The summed E-state index contributed by atoms with van der Waals surface area (Å²) in [6.07, 6.45) is 4.17. The van der Waals surface area contributed by atoms with Crippen molar-refractivity contribution < 1.29 is 0 Å². The molecule has 17 heavy (non-hydrogen) atoms. The summed E-state index contributed by atoms with van der Waals surface area (Å²) in [6.45, 7) is 3.23. The van der Waals surface area contributed by atoms with E-state index in [0.717, 1.165) is 28.8 Å². The molecule has 3 heteroatoms. The average molecular weight is 229 g/mol. The van der Waals surface area contributed by atoms with E-state index in [1.54, 1.807) is 6.20 Å². The number of rotatable bonds is 4. The van der Waals surface area contributed by atoms with E-state index in [0.29, 0.717) is 0 Å². The number of aromatic nitrogens is 1. The Bertz CT molecular complexity index is 508. The minimum absolute atomic E-state index is 0.828. The fraction of sp³-hybridized carbons (Fsp3) is 0.357. The van der Waals surface area contributed by atoms with Crippen molar-refractivity contribution in [3.05, 3.63) is 30.5 Å². The van der Waals surface area contributed by atoms with Crippen molar-refractivity contribution in [3.8, 4) is 0 Å². The lowest BCUT2D eigenvalue weighted by Crippen LogP contribution is -2.19. The molecule has 0 aliphatic carbocycles. The van der Waals surface area contributed by atoms with Gasteiger partial charge in [-0.05, 0) is 30.7 Å². The van der Waals surface area contributed by atoms with Crippen LogP contribution in [0.1, 0.15) is 19.8 Å². The van der Waals surface area contributed by atoms with Crippen molar-refractivity contribution in [2.75, 3.05) is 24.2 Å². The van der Waals surface area contributed by atoms with Gasteiger partial charge in [0, 0.05) is 25.2 Å². The minimum atomic E-state index is 0.828. The lowest BCUT2D eigenvalue weighted by molar-refractivity contribution is 0.767. The number of unbranched alkanes of at least 4 members (excludes halogenated alkanes) is 1. The summed E-state index contributed by atoms with van der Waals surface area (Å²) in [5, 5.41) is 1.04. The van der Waals surface area contributed by atoms with Crippen molar-refractivity contribution in [2.45, 2.75) is 19.8 Å². The third kappa shape index (κ3) is 2.33. The Morgan fingerprint density at radius 2 is 2.12 bits per heavy atom. The number of anilines is 2. The van der Waals surface area contributed by atoms with Gasteiger partial charge < -0.3 is 10.6 Å². The fourth-order valence-corrected chi connectivity index (χ4v) is 2.01. The molecule has 2 N–H and O–H groups in total. The molecule has 1 aromatic heterocycles. The molecular weight excluding hydrogens is 210 g/mol. The Labute approximate surface area is 102 Å². The second-order valence-corrected chi connectivity index (χ2v) is 4.34. The van der Waals surface area contributed by atoms with Gasteiger partial charge in [0.25, 0.3) is 0 Å². The SMILES string of the molecule is CCCCN(C)c1ccc2ncccc2c1N. The number of fused-ring (bicyclic) bond motifs is 1. The highest BCUT2D eigenvalue weighted by Crippen LogP contribution is 2.29. The molecule has 90 valence electrons. The van der Waals surface area contributed by atoms with E-state index in [2.05, 4.69) is 29.9 Å². The van der Waals surface area contributed by atoms with E-state index >= 15 is 0 Å². The lowest BCUT2D eigenvalue weighted by atomic mass is 10.1. The number of nitrogens with two attached hydrogens (primary N) is 1. The van der Waals surface area contributed by atoms with Gasteiger partial charge in [-0.3, -0.25) is 4.98 Å². The number of pyridine rings is 1. The van der Waals surface area contributed by atoms with Gasteiger partial charge in [-0.15, -0.1) is 0 Å². The quantitative estimate of drug-likeness (QED) is 0.819. The Morgan fingerprint density at radius 1 is 1.29 bits per heavy atom. The van der Waals surface area contributed by atoms with Crippen molar-refractivity contribution in [1.82, 2.24) is 4.98 Å². The topological polar surface area (TPSA) is 42.2 Å². The first-order valence-corrected chi connectivity index (χ1v) is 6.08. The summed E-state index contributed by atoms with van der Waals surface area (Å²) >= 11 is 0. The second-order valence-electron chi connectivity index (χ2n) is 4.34. The number of nitrogens with zero attached hydrogens (tertiary/aromatic N) is 2. The van der Waals surface area contributed by atoms with Gasteiger partial charge >= 0.3 is 0 Å². The maximum absolute atomic E-state index is 6.21. The van der Waals surface area contributed by atoms with Crippen molar-refractivity contribution >= 4 is 22.3 Å². The zero-order valence-electron chi connectivity index (χ0n) is 10.5. The van der Waals surface area contributed by atoms with Gasteiger partial charge in [0.1, 0.15) is 0 Å². The first kappa shape index (κ1) is 11.7. The highest BCUT2D eigenvalue weighted by molar-refractivity contribution is 5.97. The summed E-state index contributed by atoms with van der Waals surface area (Å²) in [6, 6.07) is 8.03. The monoisotopic (exact) mass is 229 g/mol. The molecule has 0 bridgehead atoms. The van der Waals surface area contributed by atoms with Crippen LogP contribution in [0.5, 0.6) is 0 Å². The predicted molar refractivity (Wildman–Crippen MR) is 74.3 cm³/mol. The highest BCUT2D eigenvalue weighted by atomic mass is 15.1. The third-order valence-corrected chi connectivity index (χ3v) is 3.06. The number of hydrogen-bond donors (Lipinski definition) is 1. The molecule has 2 rings (SSSR count). The lowest BCUT2D eigenvalue weighted by Gasteiger charge is -2.21. The Hall–Kier alpha value is -1.77.